The molecule has 1 aromatic carbocycles. The fraction of sp³-hybridized carbons (Fsp3) is 0.250. The zero-order chi connectivity index (χ0) is 21.6. The van der Waals surface area contributed by atoms with Gasteiger partial charge in [-0.15, -0.1) is 0 Å². The number of carbonyl (C=O) groups excluding carboxylic acids is 1. The molecule has 2 N–H and O–H groups in total. The third-order valence-corrected chi connectivity index (χ3v) is 4.96. The van der Waals surface area contributed by atoms with Crippen LogP contribution in [0.5, 0.6) is 0 Å². The normalized spacial score (nSPS) is 10.9. The van der Waals surface area contributed by atoms with Crippen LogP contribution in [0.3, 0.4) is 0 Å². The SMILES string of the molecule is CCCn1nc(C(=O)NCCc2ccccn2)c2ccc(Nc3ccc(C)cc3)nc21. The Morgan fingerprint density at radius 2 is 1.90 bits per heavy atom. The van der Waals surface area contributed by atoms with Crippen molar-refractivity contribution < 1.29 is 4.79 Å². The average molecular weight is 415 g/mol. The molecule has 0 atom stereocenters. The maximum atomic E-state index is 12.8. The van der Waals surface area contributed by atoms with Crippen LogP contribution in [0.4, 0.5) is 11.5 Å². The third-order valence-electron chi connectivity index (χ3n) is 4.96. The van der Waals surface area contributed by atoms with Gasteiger partial charge in [0.15, 0.2) is 11.3 Å². The second kappa shape index (κ2) is 9.38. The summed E-state index contributed by atoms with van der Waals surface area (Å²) in [7, 11) is 0. The van der Waals surface area contributed by atoms with E-state index < -0.39 is 0 Å². The molecular weight excluding hydrogens is 388 g/mol. The van der Waals surface area contributed by atoms with E-state index in [1.807, 2.05) is 47.1 Å². The van der Waals surface area contributed by atoms with E-state index in [4.69, 9.17) is 4.98 Å². The molecule has 3 heterocycles. The molecule has 0 spiro atoms. The number of fused-ring (bicyclic) bond motifs is 1. The molecule has 3 aromatic heterocycles. The Balaban J connectivity index is 1.54. The number of hydrogen-bond acceptors (Lipinski definition) is 5. The number of hydrogen-bond donors (Lipinski definition) is 2. The first kappa shape index (κ1) is 20.5. The maximum Gasteiger partial charge on any atom is 0.272 e. The second-order valence-electron chi connectivity index (χ2n) is 7.46. The van der Waals surface area contributed by atoms with Crippen molar-refractivity contribution in [3.8, 4) is 0 Å². The molecule has 0 fully saturated rings. The largest absolute Gasteiger partial charge is 0.350 e. The van der Waals surface area contributed by atoms with Gasteiger partial charge in [0.25, 0.3) is 5.91 Å². The summed E-state index contributed by atoms with van der Waals surface area (Å²) in [5.41, 5.74) is 4.21. The topological polar surface area (TPSA) is 84.7 Å². The highest BCUT2D eigenvalue weighted by atomic mass is 16.1. The minimum atomic E-state index is -0.197. The summed E-state index contributed by atoms with van der Waals surface area (Å²) >= 11 is 0. The number of nitrogens with one attached hydrogen (secondary N) is 2. The number of nitrogens with zero attached hydrogens (tertiary/aromatic N) is 4. The van der Waals surface area contributed by atoms with Gasteiger partial charge in [-0.3, -0.25) is 9.78 Å². The predicted molar refractivity (Wildman–Crippen MR) is 123 cm³/mol. The number of aromatic nitrogens is 4. The monoisotopic (exact) mass is 414 g/mol. The summed E-state index contributed by atoms with van der Waals surface area (Å²) in [6, 6.07) is 17.7. The predicted octanol–water partition coefficient (Wildman–Crippen LogP) is 4.26. The molecule has 7 nitrogen and oxygen atoms in total. The van der Waals surface area contributed by atoms with Gasteiger partial charge in [-0.05, 0) is 49.7 Å². The minimum absolute atomic E-state index is 0.197. The lowest BCUT2D eigenvalue weighted by molar-refractivity contribution is 0.0949. The van der Waals surface area contributed by atoms with Gasteiger partial charge in [-0.25, -0.2) is 9.67 Å². The second-order valence-corrected chi connectivity index (χ2v) is 7.46. The molecule has 158 valence electrons. The number of amides is 1. The zero-order valence-corrected chi connectivity index (χ0v) is 17.8. The van der Waals surface area contributed by atoms with Crippen LogP contribution in [-0.2, 0) is 13.0 Å². The van der Waals surface area contributed by atoms with E-state index in [9.17, 15) is 4.79 Å². The van der Waals surface area contributed by atoms with Crippen molar-refractivity contribution in [2.75, 3.05) is 11.9 Å². The minimum Gasteiger partial charge on any atom is -0.350 e. The number of anilines is 2. The van der Waals surface area contributed by atoms with E-state index in [0.717, 1.165) is 29.0 Å². The van der Waals surface area contributed by atoms with Crippen molar-refractivity contribution >= 4 is 28.4 Å². The smallest absolute Gasteiger partial charge is 0.272 e. The molecule has 7 heteroatoms. The Morgan fingerprint density at radius 1 is 1.06 bits per heavy atom. The fourth-order valence-corrected chi connectivity index (χ4v) is 3.38. The van der Waals surface area contributed by atoms with Crippen molar-refractivity contribution in [1.82, 2.24) is 25.1 Å². The number of carbonyl (C=O) groups is 1. The molecule has 31 heavy (non-hydrogen) atoms. The molecule has 0 aliphatic rings. The summed E-state index contributed by atoms with van der Waals surface area (Å²) in [6.07, 6.45) is 3.32. The molecule has 4 aromatic rings. The van der Waals surface area contributed by atoms with Crippen LogP contribution in [-0.4, -0.2) is 32.2 Å². The first-order valence-electron chi connectivity index (χ1n) is 10.5. The quantitative estimate of drug-likeness (QED) is 0.450. The molecule has 0 radical (unpaired) electrons. The molecule has 0 bridgehead atoms. The third kappa shape index (κ3) is 4.88. The van der Waals surface area contributed by atoms with Crippen molar-refractivity contribution in [2.45, 2.75) is 33.2 Å². The first-order valence-corrected chi connectivity index (χ1v) is 10.5. The molecule has 0 unspecified atom stereocenters. The van der Waals surface area contributed by atoms with E-state index in [0.29, 0.717) is 30.9 Å². The highest BCUT2D eigenvalue weighted by Crippen LogP contribution is 2.22. The number of pyridine rings is 2. The average Bonchev–Trinajstić information content (AvgIpc) is 3.14. The number of rotatable bonds is 8. The van der Waals surface area contributed by atoms with Gasteiger partial charge in [-0.2, -0.15) is 5.10 Å². The molecular formula is C24H26N6O. The molecule has 0 aliphatic heterocycles. The highest BCUT2D eigenvalue weighted by Gasteiger charge is 2.18. The van der Waals surface area contributed by atoms with Gasteiger partial charge in [0, 0.05) is 37.1 Å². The summed E-state index contributed by atoms with van der Waals surface area (Å²) in [4.78, 5) is 21.9. The van der Waals surface area contributed by atoms with Crippen molar-refractivity contribution in [1.29, 1.82) is 0 Å². The Hall–Kier alpha value is -3.74. The van der Waals surface area contributed by atoms with Crippen LogP contribution >= 0.6 is 0 Å². The Kier molecular flexibility index (Phi) is 6.21. The van der Waals surface area contributed by atoms with Crippen molar-refractivity contribution in [2.24, 2.45) is 0 Å². The van der Waals surface area contributed by atoms with Crippen molar-refractivity contribution in [3.63, 3.8) is 0 Å². The fourth-order valence-electron chi connectivity index (χ4n) is 3.38. The Morgan fingerprint density at radius 3 is 2.65 bits per heavy atom. The Labute approximate surface area is 181 Å². The maximum absolute atomic E-state index is 12.8. The van der Waals surface area contributed by atoms with Gasteiger partial charge in [-0.1, -0.05) is 30.7 Å². The van der Waals surface area contributed by atoms with Crippen LogP contribution < -0.4 is 10.6 Å². The summed E-state index contributed by atoms with van der Waals surface area (Å²) in [5.74, 6) is 0.521. The molecule has 0 saturated carbocycles. The molecule has 0 saturated heterocycles. The van der Waals surface area contributed by atoms with Crippen molar-refractivity contribution in [3.05, 3.63) is 77.7 Å². The highest BCUT2D eigenvalue weighted by molar-refractivity contribution is 6.04. The van der Waals surface area contributed by atoms with Crippen LogP contribution in [0, 0.1) is 6.92 Å². The van der Waals surface area contributed by atoms with E-state index in [1.54, 1.807) is 6.20 Å². The molecule has 4 rings (SSSR count). The summed E-state index contributed by atoms with van der Waals surface area (Å²) in [5, 5.41) is 11.6. The molecule has 0 aliphatic carbocycles. The van der Waals surface area contributed by atoms with Gasteiger partial charge in [0.1, 0.15) is 5.82 Å². The number of aryl methyl sites for hydroxylation is 2. The lowest BCUT2D eigenvalue weighted by Gasteiger charge is -2.07. The first-order chi connectivity index (χ1) is 15.1. The van der Waals surface area contributed by atoms with Crippen LogP contribution in [0.1, 0.15) is 35.1 Å². The Bertz CT molecular complexity index is 1170. The molecule has 1 amide bonds. The van der Waals surface area contributed by atoms with Gasteiger partial charge in [0.2, 0.25) is 0 Å². The van der Waals surface area contributed by atoms with Gasteiger partial charge < -0.3 is 10.6 Å². The zero-order valence-electron chi connectivity index (χ0n) is 17.8. The van der Waals surface area contributed by atoms with E-state index in [2.05, 4.69) is 46.7 Å². The standard InChI is InChI=1S/C24H26N6O/c1-3-16-30-23-20(11-12-21(28-23)27-19-9-7-17(2)8-10-19)22(29-30)24(31)26-15-13-18-6-4-5-14-25-18/h4-12,14H,3,13,15-16H2,1-2H3,(H,26,31)(H,27,28). The summed E-state index contributed by atoms with van der Waals surface area (Å²) < 4.78 is 1.81. The van der Waals surface area contributed by atoms with Crippen LogP contribution in [0.15, 0.2) is 60.8 Å². The van der Waals surface area contributed by atoms with Crippen LogP contribution in [0.25, 0.3) is 11.0 Å². The van der Waals surface area contributed by atoms with Gasteiger partial charge in [0.05, 0.1) is 5.39 Å². The van der Waals surface area contributed by atoms with E-state index in [-0.39, 0.29) is 5.91 Å². The van der Waals surface area contributed by atoms with E-state index >= 15 is 0 Å². The lowest BCUT2D eigenvalue weighted by atomic mass is 10.2. The summed E-state index contributed by atoms with van der Waals surface area (Å²) in [6.45, 7) is 5.33. The van der Waals surface area contributed by atoms with Crippen LogP contribution in [0.2, 0.25) is 0 Å². The lowest BCUT2D eigenvalue weighted by Crippen LogP contribution is -2.26. The van der Waals surface area contributed by atoms with E-state index in [1.165, 1.54) is 5.56 Å². The number of benzene rings is 1. The van der Waals surface area contributed by atoms with Gasteiger partial charge >= 0.3 is 0 Å².